The van der Waals surface area contributed by atoms with Crippen molar-refractivity contribution in [2.45, 2.75) is 31.7 Å². The third-order valence-corrected chi connectivity index (χ3v) is 3.31. The van der Waals surface area contributed by atoms with Crippen molar-refractivity contribution >= 4 is 11.0 Å². The zero-order valence-electron chi connectivity index (χ0n) is 9.24. The minimum absolute atomic E-state index is 0.441. The van der Waals surface area contributed by atoms with E-state index >= 15 is 0 Å². The zero-order chi connectivity index (χ0) is 10.8. The Kier molecular flexibility index (Phi) is 2.58. The lowest BCUT2D eigenvalue weighted by atomic mass is 10.0. The molecular weight excluding hydrogens is 200 g/mol. The van der Waals surface area contributed by atoms with Gasteiger partial charge in [-0.3, -0.25) is 0 Å². The fourth-order valence-corrected chi connectivity index (χ4v) is 2.46. The highest BCUT2D eigenvalue weighted by Gasteiger charge is 2.17. The van der Waals surface area contributed by atoms with Crippen LogP contribution in [-0.2, 0) is 0 Å². The number of fused-ring (bicyclic) bond motifs is 1. The van der Waals surface area contributed by atoms with Gasteiger partial charge in [0.05, 0.1) is 0 Å². The number of aromatic nitrogens is 3. The number of aromatic amines is 1. The van der Waals surface area contributed by atoms with Crippen LogP contribution in [0.1, 0.15) is 37.3 Å². The molecular formula is C12H16N4. The normalized spacial score (nSPS) is 22.1. The predicted octanol–water partition coefficient (Wildman–Crippen LogP) is 2.16. The van der Waals surface area contributed by atoms with Crippen LogP contribution in [0.15, 0.2) is 18.2 Å². The van der Waals surface area contributed by atoms with Crippen molar-refractivity contribution in [1.29, 1.82) is 0 Å². The second kappa shape index (κ2) is 4.22. The van der Waals surface area contributed by atoms with E-state index in [2.05, 4.69) is 32.9 Å². The highest BCUT2D eigenvalue weighted by molar-refractivity contribution is 5.77. The molecule has 1 fully saturated rings. The quantitative estimate of drug-likeness (QED) is 0.768. The number of hydrogen-bond donors (Lipinski definition) is 2. The van der Waals surface area contributed by atoms with Crippen LogP contribution in [0.25, 0.3) is 11.0 Å². The van der Waals surface area contributed by atoms with E-state index in [4.69, 9.17) is 0 Å². The molecule has 1 aliphatic heterocycles. The monoisotopic (exact) mass is 216 g/mol. The van der Waals surface area contributed by atoms with E-state index in [0.717, 1.165) is 17.6 Å². The average molecular weight is 216 g/mol. The van der Waals surface area contributed by atoms with E-state index in [1.165, 1.54) is 31.2 Å². The first-order chi connectivity index (χ1) is 7.95. The lowest BCUT2D eigenvalue weighted by Gasteiger charge is -2.16. The minimum Gasteiger partial charge on any atom is -0.310 e. The summed E-state index contributed by atoms with van der Waals surface area (Å²) in [4.78, 5) is 0. The topological polar surface area (TPSA) is 53.6 Å². The summed E-state index contributed by atoms with van der Waals surface area (Å²) in [6, 6.07) is 6.66. The Morgan fingerprint density at radius 2 is 2.12 bits per heavy atom. The number of hydrogen-bond acceptors (Lipinski definition) is 3. The summed E-state index contributed by atoms with van der Waals surface area (Å²) in [6.07, 6.45) is 5.11. The summed E-state index contributed by atoms with van der Waals surface area (Å²) in [5.74, 6) is 0. The maximum absolute atomic E-state index is 4.25. The summed E-state index contributed by atoms with van der Waals surface area (Å²) in [5.41, 5.74) is 3.26. The van der Waals surface area contributed by atoms with Crippen LogP contribution in [0.2, 0.25) is 0 Å². The molecule has 0 spiro atoms. The minimum atomic E-state index is 0.441. The number of nitrogens with zero attached hydrogens (tertiary/aromatic N) is 2. The number of para-hydroxylation sites is 1. The first-order valence-electron chi connectivity index (χ1n) is 5.98. The second-order valence-electron chi connectivity index (χ2n) is 4.39. The van der Waals surface area contributed by atoms with Gasteiger partial charge in [0, 0.05) is 6.04 Å². The van der Waals surface area contributed by atoms with E-state index in [-0.39, 0.29) is 0 Å². The van der Waals surface area contributed by atoms with E-state index in [0.29, 0.717) is 6.04 Å². The molecule has 4 nitrogen and oxygen atoms in total. The Labute approximate surface area is 94.4 Å². The van der Waals surface area contributed by atoms with E-state index in [9.17, 15) is 0 Å². The summed E-state index contributed by atoms with van der Waals surface area (Å²) < 4.78 is 0. The third kappa shape index (κ3) is 1.69. The van der Waals surface area contributed by atoms with Gasteiger partial charge in [0.25, 0.3) is 0 Å². The SMILES string of the molecule is c1cc(C2CCCCCN2)c2n[nH]nc2c1. The molecule has 2 N–H and O–H groups in total. The van der Waals surface area contributed by atoms with Gasteiger partial charge in [0.1, 0.15) is 11.0 Å². The van der Waals surface area contributed by atoms with Crippen molar-refractivity contribution in [3.63, 3.8) is 0 Å². The summed E-state index contributed by atoms with van der Waals surface area (Å²) in [5, 5.41) is 14.7. The van der Waals surface area contributed by atoms with Gasteiger partial charge in [0.2, 0.25) is 0 Å². The van der Waals surface area contributed by atoms with Gasteiger partial charge in [-0.05, 0) is 31.0 Å². The van der Waals surface area contributed by atoms with Crippen molar-refractivity contribution in [2.75, 3.05) is 6.54 Å². The van der Waals surface area contributed by atoms with Gasteiger partial charge in [-0.25, -0.2) is 0 Å². The molecule has 16 heavy (non-hydrogen) atoms. The smallest absolute Gasteiger partial charge is 0.117 e. The maximum Gasteiger partial charge on any atom is 0.117 e. The van der Waals surface area contributed by atoms with Gasteiger partial charge in [-0.2, -0.15) is 15.4 Å². The molecule has 0 amide bonds. The van der Waals surface area contributed by atoms with E-state index in [1.54, 1.807) is 0 Å². The van der Waals surface area contributed by atoms with Crippen LogP contribution in [0.3, 0.4) is 0 Å². The van der Waals surface area contributed by atoms with Gasteiger partial charge in [0.15, 0.2) is 0 Å². The Morgan fingerprint density at radius 3 is 3.12 bits per heavy atom. The van der Waals surface area contributed by atoms with Crippen LogP contribution < -0.4 is 5.32 Å². The molecule has 4 heteroatoms. The fourth-order valence-electron chi connectivity index (χ4n) is 2.46. The lowest BCUT2D eigenvalue weighted by molar-refractivity contribution is 0.537. The van der Waals surface area contributed by atoms with Crippen molar-refractivity contribution < 1.29 is 0 Å². The van der Waals surface area contributed by atoms with Crippen molar-refractivity contribution in [2.24, 2.45) is 0 Å². The Morgan fingerprint density at radius 1 is 1.12 bits per heavy atom. The Bertz CT molecular complexity index is 469. The highest BCUT2D eigenvalue weighted by atomic mass is 15.3. The predicted molar refractivity (Wildman–Crippen MR) is 63.1 cm³/mol. The Balaban J connectivity index is 2.00. The molecule has 1 atom stereocenters. The number of H-pyrrole nitrogens is 1. The molecule has 0 aliphatic carbocycles. The molecule has 2 aromatic rings. The summed E-state index contributed by atoms with van der Waals surface area (Å²) in [6.45, 7) is 1.11. The first-order valence-corrected chi connectivity index (χ1v) is 5.98. The molecule has 0 bridgehead atoms. The van der Waals surface area contributed by atoms with Crippen LogP contribution in [0.5, 0.6) is 0 Å². The first kappa shape index (κ1) is 9.78. The zero-order valence-corrected chi connectivity index (χ0v) is 9.24. The number of rotatable bonds is 1. The molecule has 0 radical (unpaired) electrons. The largest absolute Gasteiger partial charge is 0.310 e. The molecule has 1 aliphatic rings. The lowest BCUT2D eigenvalue weighted by Crippen LogP contribution is -2.20. The second-order valence-corrected chi connectivity index (χ2v) is 4.39. The molecule has 1 saturated heterocycles. The maximum atomic E-state index is 4.25. The molecule has 84 valence electrons. The molecule has 3 rings (SSSR count). The van der Waals surface area contributed by atoms with Gasteiger partial charge >= 0.3 is 0 Å². The Hall–Kier alpha value is -1.42. The van der Waals surface area contributed by atoms with Gasteiger partial charge < -0.3 is 5.32 Å². The molecule has 1 aromatic carbocycles. The molecule has 0 saturated carbocycles. The van der Waals surface area contributed by atoms with Gasteiger partial charge in [-0.1, -0.05) is 25.0 Å². The summed E-state index contributed by atoms with van der Waals surface area (Å²) >= 11 is 0. The van der Waals surface area contributed by atoms with Crippen molar-refractivity contribution in [1.82, 2.24) is 20.7 Å². The van der Waals surface area contributed by atoms with Crippen molar-refractivity contribution in [3.8, 4) is 0 Å². The van der Waals surface area contributed by atoms with Crippen LogP contribution in [0, 0.1) is 0 Å². The van der Waals surface area contributed by atoms with Gasteiger partial charge in [-0.15, -0.1) is 0 Å². The van der Waals surface area contributed by atoms with E-state index in [1.807, 2.05) is 6.07 Å². The number of nitrogens with one attached hydrogen (secondary N) is 2. The highest BCUT2D eigenvalue weighted by Crippen LogP contribution is 2.26. The van der Waals surface area contributed by atoms with Crippen LogP contribution in [-0.4, -0.2) is 22.0 Å². The standard InChI is InChI=1S/C12H16N4/c1-2-6-10(13-8-3-1)9-5-4-7-11-12(9)15-16-14-11/h4-5,7,10,13H,1-3,6,8H2,(H,14,15,16). The molecule has 1 unspecified atom stereocenters. The fraction of sp³-hybridized carbons (Fsp3) is 0.500. The van der Waals surface area contributed by atoms with Crippen LogP contribution >= 0.6 is 0 Å². The number of benzene rings is 1. The summed E-state index contributed by atoms with van der Waals surface area (Å²) in [7, 11) is 0. The van der Waals surface area contributed by atoms with E-state index < -0.39 is 0 Å². The third-order valence-electron chi connectivity index (χ3n) is 3.31. The average Bonchev–Trinajstić information content (AvgIpc) is 2.63. The molecule has 1 aromatic heterocycles. The molecule has 2 heterocycles. The van der Waals surface area contributed by atoms with Crippen molar-refractivity contribution in [3.05, 3.63) is 23.8 Å². The van der Waals surface area contributed by atoms with Crippen LogP contribution in [0.4, 0.5) is 0 Å².